The van der Waals surface area contributed by atoms with Crippen molar-refractivity contribution >= 4 is 39.9 Å². The number of para-hydroxylation sites is 2. The molecule has 2 amide bonds. The Kier molecular flexibility index (Phi) is 8.87. The van der Waals surface area contributed by atoms with E-state index in [-0.39, 0.29) is 23.9 Å². The van der Waals surface area contributed by atoms with Gasteiger partial charge >= 0.3 is 0 Å². The van der Waals surface area contributed by atoms with Gasteiger partial charge in [0, 0.05) is 5.39 Å². The van der Waals surface area contributed by atoms with Crippen molar-refractivity contribution in [1.82, 2.24) is 16.2 Å². The lowest BCUT2D eigenvalue weighted by atomic mass is 10.1. The smallest absolute Gasteiger partial charge is 0.276 e. The molecule has 0 fully saturated rings. The van der Waals surface area contributed by atoms with Gasteiger partial charge in [0.1, 0.15) is 30.5 Å². The fourth-order valence-electron chi connectivity index (χ4n) is 3.44. The molecule has 0 aliphatic rings. The number of hydrogen-bond donors (Lipinski definition) is 3. The minimum atomic E-state index is -0.488. The molecule has 0 aliphatic heterocycles. The lowest BCUT2D eigenvalue weighted by molar-refractivity contribution is -0.123. The van der Waals surface area contributed by atoms with E-state index >= 15 is 0 Å². The first-order valence-electron chi connectivity index (χ1n) is 11.5. The van der Waals surface area contributed by atoms with Crippen molar-refractivity contribution in [2.75, 3.05) is 19.8 Å². The summed E-state index contributed by atoms with van der Waals surface area (Å²) in [5.41, 5.74) is 5.21. The number of amides is 2. The third-order valence-electron chi connectivity index (χ3n) is 5.14. The Morgan fingerprint density at radius 1 is 0.676 bits per heavy atom. The molecular weight excluding hydrogens is 490 g/mol. The van der Waals surface area contributed by atoms with Gasteiger partial charge < -0.3 is 14.2 Å². The third kappa shape index (κ3) is 7.42. The summed E-state index contributed by atoms with van der Waals surface area (Å²) < 4.78 is 17.0. The summed E-state index contributed by atoms with van der Waals surface area (Å²) in [6.07, 6.45) is 0. The van der Waals surface area contributed by atoms with Crippen LogP contribution in [-0.4, -0.2) is 36.7 Å². The van der Waals surface area contributed by atoms with Crippen molar-refractivity contribution in [3.8, 4) is 17.2 Å². The van der Waals surface area contributed by atoms with Crippen LogP contribution >= 0.6 is 12.2 Å². The van der Waals surface area contributed by atoms with Crippen LogP contribution in [0.15, 0.2) is 97.1 Å². The zero-order valence-corrected chi connectivity index (χ0v) is 20.6. The second-order valence-electron chi connectivity index (χ2n) is 7.73. The number of thiocarbonyl (C=S) groups is 1. The van der Waals surface area contributed by atoms with E-state index in [2.05, 4.69) is 16.2 Å². The number of benzene rings is 4. The first-order chi connectivity index (χ1) is 18.1. The summed E-state index contributed by atoms with van der Waals surface area (Å²) >= 11 is 5.13. The Morgan fingerprint density at radius 3 is 2.22 bits per heavy atom. The van der Waals surface area contributed by atoms with E-state index in [4.69, 9.17) is 26.4 Å². The average Bonchev–Trinajstić information content (AvgIpc) is 2.94. The summed E-state index contributed by atoms with van der Waals surface area (Å²) in [7, 11) is 0. The molecule has 0 atom stereocenters. The van der Waals surface area contributed by atoms with Crippen LogP contribution in [0.1, 0.15) is 10.4 Å². The zero-order chi connectivity index (χ0) is 25.9. The molecule has 188 valence electrons. The number of nitrogens with one attached hydrogen (secondary N) is 3. The molecule has 0 heterocycles. The SMILES string of the molecule is O=C(COc1cccc2ccccc12)NNC(=S)NC(=O)c1ccccc1OCCOc1ccccc1. The van der Waals surface area contributed by atoms with Crippen molar-refractivity contribution in [3.63, 3.8) is 0 Å². The molecule has 4 aromatic carbocycles. The Balaban J connectivity index is 1.22. The van der Waals surface area contributed by atoms with Crippen LogP contribution in [-0.2, 0) is 4.79 Å². The summed E-state index contributed by atoms with van der Waals surface area (Å²) in [4.78, 5) is 24.9. The van der Waals surface area contributed by atoms with E-state index in [1.165, 1.54) is 0 Å². The van der Waals surface area contributed by atoms with Gasteiger partial charge in [-0.3, -0.25) is 25.8 Å². The van der Waals surface area contributed by atoms with E-state index in [1.807, 2.05) is 66.7 Å². The Morgan fingerprint density at radius 2 is 1.35 bits per heavy atom. The fraction of sp³-hybridized carbons (Fsp3) is 0.107. The summed E-state index contributed by atoms with van der Waals surface area (Å²) in [6, 6.07) is 29.5. The predicted octanol–water partition coefficient (Wildman–Crippen LogP) is 4.01. The lowest BCUT2D eigenvalue weighted by Gasteiger charge is -2.14. The lowest BCUT2D eigenvalue weighted by Crippen LogP contribution is -2.49. The van der Waals surface area contributed by atoms with Gasteiger partial charge in [0.15, 0.2) is 11.7 Å². The molecule has 37 heavy (non-hydrogen) atoms. The molecule has 8 nitrogen and oxygen atoms in total. The normalized spacial score (nSPS) is 10.3. The molecule has 0 saturated heterocycles. The number of rotatable bonds is 9. The average molecular weight is 516 g/mol. The van der Waals surface area contributed by atoms with Gasteiger partial charge in [-0.05, 0) is 47.9 Å². The van der Waals surface area contributed by atoms with E-state index in [0.717, 1.165) is 16.5 Å². The highest BCUT2D eigenvalue weighted by atomic mass is 32.1. The van der Waals surface area contributed by atoms with Gasteiger partial charge in [-0.1, -0.05) is 66.7 Å². The van der Waals surface area contributed by atoms with Crippen molar-refractivity contribution in [1.29, 1.82) is 0 Å². The van der Waals surface area contributed by atoms with Crippen LogP contribution in [0.3, 0.4) is 0 Å². The largest absolute Gasteiger partial charge is 0.490 e. The Bertz CT molecular complexity index is 1380. The number of carbonyl (C=O) groups excluding carboxylic acids is 2. The first-order valence-corrected chi connectivity index (χ1v) is 11.9. The highest BCUT2D eigenvalue weighted by molar-refractivity contribution is 7.80. The van der Waals surface area contributed by atoms with Crippen LogP contribution in [0.5, 0.6) is 17.2 Å². The van der Waals surface area contributed by atoms with Crippen LogP contribution in [0.25, 0.3) is 10.8 Å². The molecule has 0 unspecified atom stereocenters. The van der Waals surface area contributed by atoms with Gasteiger partial charge in [-0.25, -0.2) is 0 Å². The Labute approximate surface area is 219 Å². The van der Waals surface area contributed by atoms with E-state index in [1.54, 1.807) is 30.3 Å². The van der Waals surface area contributed by atoms with Gasteiger partial charge in [-0.15, -0.1) is 0 Å². The van der Waals surface area contributed by atoms with Gasteiger partial charge in [0.2, 0.25) is 0 Å². The Hall–Kier alpha value is -4.63. The number of hydrazine groups is 1. The standard InChI is InChI=1S/C28H25N3O5S/c32-26(19-36-24-16-8-10-20-9-4-5-13-22(20)24)30-31-28(37)29-27(33)23-14-6-7-15-25(23)35-18-17-34-21-11-2-1-3-12-21/h1-16H,17-19H2,(H,30,32)(H2,29,31,33,37). The van der Waals surface area contributed by atoms with E-state index in [0.29, 0.717) is 18.1 Å². The highest BCUT2D eigenvalue weighted by Gasteiger charge is 2.14. The maximum atomic E-state index is 12.7. The topological polar surface area (TPSA) is 97.9 Å². The number of fused-ring (bicyclic) bond motifs is 1. The number of hydrogen-bond acceptors (Lipinski definition) is 6. The van der Waals surface area contributed by atoms with Gasteiger partial charge in [-0.2, -0.15) is 0 Å². The van der Waals surface area contributed by atoms with E-state index < -0.39 is 11.8 Å². The molecule has 9 heteroatoms. The number of carbonyl (C=O) groups is 2. The maximum Gasteiger partial charge on any atom is 0.276 e. The van der Waals surface area contributed by atoms with Crippen molar-refractivity contribution in [3.05, 3.63) is 103 Å². The second kappa shape index (κ2) is 12.9. The molecule has 0 radical (unpaired) electrons. The second-order valence-corrected chi connectivity index (χ2v) is 8.14. The first kappa shape index (κ1) is 25.5. The molecule has 0 saturated carbocycles. The molecule has 0 aliphatic carbocycles. The molecule has 0 aromatic heterocycles. The summed E-state index contributed by atoms with van der Waals surface area (Å²) in [5.74, 6) is 0.755. The summed E-state index contributed by atoms with van der Waals surface area (Å²) in [6.45, 7) is 0.320. The highest BCUT2D eigenvalue weighted by Crippen LogP contribution is 2.25. The van der Waals surface area contributed by atoms with Crippen LogP contribution < -0.4 is 30.4 Å². The molecule has 0 spiro atoms. The molecule has 4 rings (SSSR count). The molecule has 3 N–H and O–H groups in total. The summed E-state index contributed by atoms with van der Waals surface area (Å²) in [5, 5.41) is 4.36. The maximum absolute atomic E-state index is 12.7. The van der Waals surface area contributed by atoms with Gasteiger partial charge in [0.25, 0.3) is 11.8 Å². The van der Waals surface area contributed by atoms with E-state index in [9.17, 15) is 9.59 Å². The number of ether oxygens (including phenoxy) is 3. The monoisotopic (exact) mass is 515 g/mol. The van der Waals surface area contributed by atoms with Crippen LogP contribution in [0.4, 0.5) is 0 Å². The zero-order valence-electron chi connectivity index (χ0n) is 19.8. The molecular formula is C28H25N3O5S. The third-order valence-corrected chi connectivity index (χ3v) is 5.34. The van der Waals surface area contributed by atoms with Crippen molar-refractivity contribution in [2.45, 2.75) is 0 Å². The quantitative estimate of drug-likeness (QED) is 0.176. The van der Waals surface area contributed by atoms with Gasteiger partial charge in [0.05, 0.1) is 5.56 Å². The van der Waals surface area contributed by atoms with Crippen LogP contribution in [0.2, 0.25) is 0 Å². The minimum Gasteiger partial charge on any atom is -0.490 e. The fourth-order valence-corrected chi connectivity index (χ4v) is 3.58. The predicted molar refractivity (Wildman–Crippen MR) is 145 cm³/mol. The van der Waals surface area contributed by atoms with Crippen molar-refractivity contribution < 1.29 is 23.8 Å². The van der Waals surface area contributed by atoms with Crippen LogP contribution in [0, 0.1) is 0 Å². The molecule has 0 bridgehead atoms. The minimum absolute atomic E-state index is 0.0780. The van der Waals surface area contributed by atoms with Crippen molar-refractivity contribution in [2.24, 2.45) is 0 Å². The molecule has 4 aromatic rings.